The van der Waals surface area contributed by atoms with Crippen molar-refractivity contribution in [3.8, 4) is 11.5 Å². The first-order valence-electron chi connectivity index (χ1n) is 11.4. The smallest absolute Gasteiger partial charge is 0.350 e. The predicted molar refractivity (Wildman–Crippen MR) is 138 cm³/mol. The second kappa shape index (κ2) is 10.4. The van der Waals surface area contributed by atoms with E-state index in [0.717, 1.165) is 11.3 Å². The zero-order valence-corrected chi connectivity index (χ0v) is 21.8. The molecule has 0 spiro atoms. The van der Waals surface area contributed by atoms with Crippen LogP contribution in [-0.2, 0) is 14.3 Å². The fourth-order valence-electron chi connectivity index (χ4n) is 4.04. The first-order valence-corrected chi connectivity index (χ1v) is 12.3. The van der Waals surface area contributed by atoms with Crippen LogP contribution in [0.3, 0.4) is 0 Å². The molecule has 0 saturated carbocycles. The van der Waals surface area contributed by atoms with E-state index in [1.165, 1.54) is 19.1 Å². The second-order valence-corrected chi connectivity index (χ2v) is 9.52. The van der Waals surface area contributed by atoms with Crippen molar-refractivity contribution in [2.75, 3.05) is 19.1 Å². The van der Waals surface area contributed by atoms with Crippen molar-refractivity contribution in [1.29, 1.82) is 0 Å². The molecule has 1 atom stereocenters. The van der Waals surface area contributed by atoms with Crippen molar-refractivity contribution in [2.24, 2.45) is 0 Å². The molecule has 0 aliphatic carbocycles. The van der Waals surface area contributed by atoms with Crippen LogP contribution < -0.4 is 14.4 Å². The number of ketones is 1. The van der Waals surface area contributed by atoms with Gasteiger partial charge in [-0.15, -0.1) is 0 Å². The highest BCUT2D eigenvalue weighted by atomic mass is 32.1. The third kappa shape index (κ3) is 4.92. The summed E-state index contributed by atoms with van der Waals surface area (Å²) in [4.78, 5) is 44.7. The molecule has 4 rings (SSSR count). The monoisotopic (exact) mass is 522 g/mol. The number of anilines is 1. The van der Waals surface area contributed by atoms with Crippen LogP contribution in [0, 0.1) is 6.92 Å². The molecule has 9 nitrogen and oxygen atoms in total. The largest absolute Gasteiger partial charge is 0.507 e. The fraction of sp³-hybridized carbons (Fsp3) is 0.259. The zero-order chi connectivity index (χ0) is 26.9. The Labute approximate surface area is 217 Å². The highest BCUT2D eigenvalue weighted by Gasteiger charge is 2.48. The molecule has 1 aliphatic heterocycles. The number of methoxy groups -OCH3 is 2. The lowest BCUT2D eigenvalue weighted by Gasteiger charge is -2.23. The Balaban J connectivity index is 1.90. The molecular formula is C27H26N2O7S. The summed E-state index contributed by atoms with van der Waals surface area (Å²) in [6.07, 6.45) is -0.0421. The first-order chi connectivity index (χ1) is 17.7. The van der Waals surface area contributed by atoms with Gasteiger partial charge in [-0.05, 0) is 50.6 Å². The van der Waals surface area contributed by atoms with Crippen molar-refractivity contribution >= 4 is 39.9 Å². The minimum Gasteiger partial charge on any atom is -0.507 e. The maximum atomic E-state index is 13.4. The van der Waals surface area contributed by atoms with Crippen molar-refractivity contribution < 1.29 is 33.7 Å². The van der Waals surface area contributed by atoms with Crippen LogP contribution in [0.5, 0.6) is 11.5 Å². The number of aromatic nitrogens is 1. The van der Waals surface area contributed by atoms with Crippen LogP contribution in [0.25, 0.3) is 5.76 Å². The lowest BCUT2D eigenvalue weighted by molar-refractivity contribution is -0.132. The quantitative estimate of drug-likeness (QED) is 0.206. The van der Waals surface area contributed by atoms with E-state index < -0.39 is 23.7 Å². The number of Topliss-reactive ketones (excluding diaryl/α,β-unsaturated/α-hetero) is 1. The average molecular weight is 523 g/mol. The molecule has 10 heteroatoms. The van der Waals surface area contributed by atoms with Crippen LogP contribution >= 0.6 is 11.3 Å². The molecule has 1 fully saturated rings. The van der Waals surface area contributed by atoms with Gasteiger partial charge in [-0.2, -0.15) is 0 Å². The maximum Gasteiger partial charge on any atom is 0.350 e. The van der Waals surface area contributed by atoms with Crippen LogP contribution in [0.2, 0.25) is 0 Å². The zero-order valence-electron chi connectivity index (χ0n) is 21.0. The number of aryl methyl sites for hydroxylation is 1. The van der Waals surface area contributed by atoms with E-state index >= 15 is 0 Å². The topological polar surface area (TPSA) is 115 Å². The van der Waals surface area contributed by atoms with Gasteiger partial charge in [0.15, 0.2) is 5.13 Å². The number of hydrogen-bond donors (Lipinski definition) is 1. The Morgan fingerprint density at radius 3 is 2.41 bits per heavy atom. The van der Waals surface area contributed by atoms with Crippen molar-refractivity contribution in [3.63, 3.8) is 0 Å². The molecule has 1 aromatic heterocycles. The number of hydrogen-bond acceptors (Lipinski definition) is 9. The molecule has 1 aliphatic rings. The SMILES string of the molecule is COC(=O)c1sc(N2C(=O)C(=O)C(=C(O)c3cccc(OC)c3)[C@@H]2c2ccc(OC(C)C)cc2)nc1C. The molecule has 192 valence electrons. The van der Waals surface area contributed by atoms with Crippen LogP contribution in [0.4, 0.5) is 5.13 Å². The Bertz CT molecular complexity index is 1390. The summed E-state index contributed by atoms with van der Waals surface area (Å²) >= 11 is 0.939. The molecule has 3 aromatic rings. The number of carbonyl (C=O) groups is 3. The minimum atomic E-state index is -1.00. The number of rotatable bonds is 7. The molecule has 2 heterocycles. The number of carbonyl (C=O) groups excluding carboxylic acids is 3. The van der Waals surface area contributed by atoms with Crippen LogP contribution in [0.1, 0.15) is 46.4 Å². The van der Waals surface area contributed by atoms with Crippen LogP contribution in [-0.4, -0.2) is 48.1 Å². The van der Waals surface area contributed by atoms with Gasteiger partial charge < -0.3 is 19.3 Å². The van der Waals surface area contributed by atoms with E-state index in [9.17, 15) is 19.5 Å². The number of amides is 1. The molecule has 37 heavy (non-hydrogen) atoms. The van der Waals surface area contributed by atoms with E-state index in [0.29, 0.717) is 28.3 Å². The van der Waals surface area contributed by atoms with Crippen molar-refractivity contribution in [1.82, 2.24) is 4.98 Å². The maximum absolute atomic E-state index is 13.4. The molecule has 0 unspecified atom stereocenters. The predicted octanol–water partition coefficient (Wildman–Crippen LogP) is 4.66. The van der Waals surface area contributed by atoms with Gasteiger partial charge in [0, 0.05) is 5.56 Å². The molecule has 1 N–H and O–H groups in total. The number of aliphatic hydroxyl groups excluding tert-OH is 1. The number of nitrogens with zero attached hydrogens (tertiary/aromatic N) is 2. The van der Waals surface area contributed by atoms with Gasteiger partial charge >= 0.3 is 11.9 Å². The Kier molecular flexibility index (Phi) is 7.30. The number of aliphatic hydroxyl groups is 1. The highest BCUT2D eigenvalue weighted by molar-refractivity contribution is 7.17. The van der Waals surface area contributed by atoms with E-state index in [1.807, 2.05) is 13.8 Å². The van der Waals surface area contributed by atoms with Crippen molar-refractivity contribution in [3.05, 3.63) is 75.8 Å². The van der Waals surface area contributed by atoms with Gasteiger partial charge in [-0.3, -0.25) is 14.5 Å². The van der Waals surface area contributed by atoms with E-state index in [4.69, 9.17) is 14.2 Å². The summed E-state index contributed by atoms with van der Waals surface area (Å²) in [5.41, 5.74) is 1.11. The minimum absolute atomic E-state index is 0.0421. The molecule has 0 bridgehead atoms. The lowest BCUT2D eigenvalue weighted by Crippen LogP contribution is -2.29. The summed E-state index contributed by atoms with van der Waals surface area (Å²) in [6.45, 7) is 5.42. The third-order valence-corrected chi connectivity index (χ3v) is 6.85. The normalized spacial score (nSPS) is 16.8. The van der Waals surface area contributed by atoms with Gasteiger partial charge in [0.25, 0.3) is 5.78 Å². The summed E-state index contributed by atoms with van der Waals surface area (Å²) in [5, 5.41) is 11.4. The summed E-state index contributed by atoms with van der Waals surface area (Å²) in [7, 11) is 2.74. The lowest BCUT2D eigenvalue weighted by atomic mass is 9.95. The van der Waals surface area contributed by atoms with Gasteiger partial charge in [0.05, 0.1) is 37.6 Å². The average Bonchev–Trinajstić information content (AvgIpc) is 3.39. The summed E-state index contributed by atoms with van der Waals surface area (Å²) in [5.74, 6) is -1.61. The summed E-state index contributed by atoms with van der Waals surface area (Å²) < 4.78 is 15.8. The molecule has 0 radical (unpaired) electrons. The molecule has 1 amide bonds. The third-order valence-electron chi connectivity index (χ3n) is 5.72. The van der Waals surface area contributed by atoms with E-state index in [1.54, 1.807) is 55.5 Å². The van der Waals surface area contributed by atoms with E-state index in [2.05, 4.69) is 4.98 Å². The molecule has 2 aromatic carbocycles. The van der Waals surface area contributed by atoms with Gasteiger partial charge in [-0.1, -0.05) is 35.6 Å². The number of thiazole rings is 1. The molecule has 1 saturated heterocycles. The molecular weight excluding hydrogens is 496 g/mol. The number of benzene rings is 2. The Morgan fingerprint density at radius 2 is 1.78 bits per heavy atom. The van der Waals surface area contributed by atoms with Gasteiger partial charge in [0.2, 0.25) is 0 Å². The first kappa shape index (κ1) is 25.9. The number of ether oxygens (including phenoxy) is 3. The van der Waals surface area contributed by atoms with Gasteiger partial charge in [-0.25, -0.2) is 9.78 Å². The van der Waals surface area contributed by atoms with Gasteiger partial charge in [0.1, 0.15) is 22.1 Å². The second-order valence-electron chi connectivity index (χ2n) is 8.54. The number of esters is 1. The highest BCUT2D eigenvalue weighted by Crippen LogP contribution is 2.44. The van der Waals surface area contributed by atoms with E-state index in [-0.39, 0.29) is 27.4 Å². The standard InChI is InChI=1S/C27H26N2O7S/c1-14(2)36-18-11-9-16(10-12-18)21-20(22(30)17-7-6-8-19(13-17)34-4)23(31)25(32)29(21)27-28-15(3)24(37-27)26(33)35-5/h6-14,21,30H,1-5H3/t21-/m0/s1. The Morgan fingerprint density at radius 1 is 1.08 bits per heavy atom. The fourth-order valence-corrected chi connectivity index (χ4v) is 5.05. The van der Waals surface area contributed by atoms with Crippen LogP contribution in [0.15, 0.2) is 54.1 Å². The Hall–Kier alpha value is -4.18. The van der Waals surface area contributed by atoms with Crippen molar-refractivity contribution in [2.45, 2.75) is 32.9 Å². The summed E-state index contributed by atoms with van der Waals surface area (Å²) in [6, 6.07) is 12.5.